The van der Waals surface area contributed by atoms with Crippen LogP contribution in [0.25, 0.3) is 0 Å². The molecular formula is C12H18BN3O2. The summed E-state index contributed by atoms with van der Waals surface area (Å²) >= 11 is 0. The van der Waals surface area contributed by atoms with Crippen LogP contribution in [0, 0.1) is 0 Å². The molecule has 1 saturated heterocycles. The van der Waals surface area contributed by atoms with E-state index in [0.717, 1.165) is 18.7 Å². The number of aromatic amines is 1. The monoisotopic (exact) mass is 247 g/mol. The fourth-order valence-corrected chi connectivity index (χ4v) is 2.11. The summed E-state index contributed by atoms with van der Waals surface area (Å²) in [6, 6.07) is -0.0582. The third kappa shape index (κ3) is 2.86. The molecular weight excluding hydrogens is 229 g/mol. The molecule has 1 unspecified atom stereocenters. The van der Waals surface area contributed by atoms with E-state index >= 15 is 0 Å². The molecule has 1 aliphatic heterocycles. The quantitative estimate of drug-likeness (QED) is 0.760. The average Bonchev–Trinajstić information content (AvgIpc) is 2.81. The molecule has 1 aromatic heterocycles. The topological polar surface area (TPSA) is 58.2 Å². The standard InChI is InChI=1S/C12H18BN3O2/c1-12(2,3)18-11(17)16-6-4-5-8(16)10-14-7-9(13)15-10/h7-8H,4-6H2,1-3H3,(H,14,15). The third-order valence-electron chi connectivity index (χ3n) is 2.81. The van der Waals surface area contributed by atoms with Gasteiger partial charge >= 0.3 is 6.09 Å². The number of likely N-dealkylation sites (tertiary alicyclic amines) is 1. The largest absolute Gasteiger partial charge is 0.444 e. The van der Waals surface area contributed by atoms with E-state index in [1.807, 2.05) is 20.8 Å². The van der Waals surface area contributed by atoms with Gasteiger partial charge in [-0.3, -0.25) is 4.90 Å². The Balaban J connectivity index is 2.10. The van der Waals surface area contributed by atoms with E-state index in [-0.39, 0.29) is 12.1 Å². The second kappa shape index (κ2) is 4.67. The third-order valence-corrected chi connectivity index (χ3v) is 2.81. The highest BCUT2D eigenvalue weighted by molar-refractivity contribution is 6.30. The molecule has 1 amide bonds. The number of hydrogen-bond donors (Lipinski definition) is 1. The fourth-order valence-electron chi connectivity index (χ4n) is 2.11. The zero-order valence-electron chi connectivity index (χ0n) is 11.1. The normalized spacial score (nSPS) is 20.2. The van der Waals surface area contributed by atoms with Gasteiger partial charge in [0.1, 0.15) is 19.3 Å². The molecule has 2 radical (unpaired) electrons. The minimum absolute atomic E-state index is 0.0582. The van der Waals surface area contributed by atoms with Crippen molar-refractivity contribution in [3.8, 4) is 0 Å². The summed E-state index contributed by atoms with van der Waals surface area (Å²) < 4.78 is 5.39. The van der Waals surface area contributed by atoms with Crippen LogP contribution in [0.1, 0.15) is 45.5 Å². The lowest BCUT2D eigenvalue weighted by molar-refractivity contribution is 0.0219. The zero-order chi connectivity index (χ0) is 13.3. The maximum atomic E-state index is 12.1. The first-order valence-electron chi connectivity index (χ1n) is 6.17. The first kappa shape index (κ1) is 13.0. The van der Waals surface area contributed by atoms with E-state index in [0.29, 0.717) is 12.1 Å². The Morgan fingerprint density at radius 3 is 2.89 bits per heavy atom. The molecule has 0 aromatic carbocycles. The summed E-state index contributed by atoms with van der Waals surface area (Å²) in [5.74, 6) is 0.732. The van der Waals surface area contributed by atoms with E-state index < -0.39 is 5.60 Å². The maximum Gasteiger partial charge on any atom is 0.410 e. The van der Waals surface area contributed by atoms with Gasteiger partial charge in [-0.25, -0.2) is 9.78 Å². The lowest BCUT2D eigenvalue weighted by atomic mass is 10.1. The summed E-state index contributed by atoms with van der Waals surface area (Å²) in [5, 5.41) is 0. The number of hydrogen-bond acceptors (Lipinski definition) is 3. The summed E-state index contributed by atoms with van der Waals surface area (Å²) in [6.07, 6.45) is 3.11. The molecule has 0 saturated carbocycles. The van der Waals surface area contributed by atoms with E-state index in [1.165, 1.54) is 0 Å². The number of ether oxygens (including phenoxy) is 1. The van der Waals surface area contributed by atoms with Crippen molar-refractivity contribution in [2.75, 3.05) is 6.54 Å². The van der Waals surface area contributed by atoms with Crippen LogP contribution in [0.15, 0.2) is 6.20 Å². The molecule has 1 N–H and O–H groups in total. The van der Waals surface area contributed by atoms with Gasteiger partial charge in [0, 0.05) is 12.7 Å². The molecule has 0 aliphatic carbocycles. The molecule has 5 nitrogen and oxygen atoms in total. The number of nitrogens with zero attached hydrogens (tertiary/aromatic N) is 2. The molecule has 96 valence electrons. The van der Waals surface area contributed by atoms with E-state index in [9.17, 15) is 4.79 Å². The van der Waals surface area contributed by atoms with Crippen molar-refractivity contribution in [3.05, 3.63) is 12.0 Å². The number of aromatic nitrogens is 2. The fraction of sp³-hybridized carbons (Fsp3) is 0.667. The van der Waals surface area contributed by atoms with Crippen LogP contribution in [-0.4, -0.2) is 41.0 Å². The van der Waals surface area contributed by atoms with E-state index in [2.05, 4.69) is 9.97 Å². The van der Waals surface area contributed by atoms with Gasteiger partial charge in [-0.15, -0.1) is 0 Å². The van der Waals surface area contributed by atoms with Crippen molar-refractivity contribution in [2.24, 2.45) is 0 Å². The molecule has 1 aliphatic rings. The van der Waals surface area contributed by atoms with Crippen molar-refractivity contribution in [3.63, 3.8) is 0 Å². The van der Waals surface area contributed by atoms with Crippen molar-refractivity contribution in [1.29, 1.82) is 0 Å². The van der Waals surface area contributed by atoms with Crippen molar-refractivity contribution < 1.29 is 9.53 Å². The average molecular weight is 247 g/mol. The number of carbonyl (C=O) groups excluding carboxylic acids is 1. The summed E-state index contributed by atoms with van der Waals surface area (Å²) in [5.41, 5.74) is 0.0351. The Morgan fingerprint density at radius 1 is 1.61 bits per heavy atom. The van der Waals surface area contributed by atoms with Crippen molar-refractivity contribution in [1.82, 2.24) is 14.9 Å². The molecule has 18 heavy (non-hydrogen) atoms. The molecule has 2 rings (SSSR count). The molecule has 1 atom stereocenters. The second-order valence-electron chi connectivity index (χ2n) is 5.56. The Labute approximate surface area is 108 Å². The molecule has 1 aromatic rings. The molecule has 1 fully saturated rings. The lowest BCUT2D eigenvalue weighted by Gasteiger charge is -2.27. The summed E-state index contributed by atoms with van der Waals surface area (Å²) in [4.78, 5) is 21.0. The van der Waals surface area contributed by atoms with E-state index in [1.54, 1.807) is 11.1 Å². The first-order valence-corrected chi connectivity index (χ1v) is 6.17. The van der Waals surface area contributed by atoms with Gasteiger partial charge in [-0.05, 0) is 39.2 Å². The van der Waals surface area contributed by atoms with Gasteiger partial charge in [0.05, 0.1) is 6.04 Å². The summed E-state index contributed by atoms with van der Waals surface area (Å²) in [7, 11) is 5.62. The highest BCUT2D eigenvalue weighted by Gasteiger charge is 2.34. The second-order valence-corrected chi connectivity index (χ2v) is 5.56. The molecule has 6 heteroatoms. The van der Waals surface area contributed by atoms with Gasteiger partial charge in [0.15, 0.2) is 0 Å². The predicted molar refractivity (Wildman–Crippen MR) is 68.9 cm³/mol. The van der Waals surface area contributed by atoms with Crippen LogP contribution in [0.4, 0.5) is 4.79 Å². The number of carbonyl (C=O) groups is 1. The van der Waals surface area contributed by atoms with Gasteiger partial charge in [-0.2, -0.15) is 0 Å². The Hall–Kier alpha value is -1.46. The zero-order valence-corrected chi connectivity index (χ0v) is 11.1. The smallest absolute Gasteiger partial charge is 0.410 e. The first-order chi connectivity index (χ1) is 8.37. The van der Waals surface area contributed by atoms with Gasteiger partial charge in [0.25, 0.3) is 0 Å². The number of amides is 1. The predicted octanol–water partition coefficient (Wildman–Crippen LogP) is 1.28. The van der Waals surface area contributed by atoms with Crippen LogP contribution in [0.5, 0.6) is 0 Å². The van der Waals surface area contributed by atoms with Gasteiger partial charge < -0.3 is 9.72 Å². The Kier molecular flexibility index (Phi) is 3.37. The SMILES string of the molecule is [B]c1cnc(C2CCCN2C(=O)OC(C)(C)C)[nH]1. The lowest BCUT2D eigenvalue weighted by Crippen LogP contribution is -2.36. The van der Waals surface area contributed by atoms with Crippen LogP contribution in [-0.2, 0) is 4.74 Å². The number of H-pyrrole nitrogens is 1. The van der Waals surface area contributed by atoms with Crippen LogP contribution in [0.3, 0.4) is 0 Å². The Morgan fingerprint density at radius 2 is 2.33 bits per heavy atom. The Bertz CT molecular complexity index is 439. The minimum atomic E-state index is -0.480. The van der Waals surface area contributed by atoms with Crippen LogP contribution in [0.2, 0.25) is 0 Å². The van der Waals surface area contributed by atoms with Crippen molar-refractivity contribution >= 4 is 19.5 Å². The number of nitrogens with one attached hydrogen (secondary N) is 1. The number of rotatable bonds is 1. The molecule has 0 bridgehead atoms. The molecule has 0 spiro atoms. The summed E-state index contributed by atoms with van der Waals surface area (Å²) in [6.45, 7) is 6.28. The molecule has 2 heterocycles. The van der Waals surface area contributed by atoms with E-state index in [4.69, 9.17) is 12.6 Å². The maximum absolute atomic E-state index is 12.1. The van der Waals surface area contributed by atoms with Gasteiger partial charge in [0.2, 0.25) is 0 Å². The van der Waals surface area contributed by atoms with Gasteiger partial charge in [-0.1, -0.05) is 0 Å². The number of imidazole rings is 1. The van der Waals surface area contributed by atoms with Crippen molar-refractivity contribution in [2.45, 2.75) is 45.3 Å². The highest BCUT2D eigenvalue weighted by Crippen LogP contribution is 2.30. The van der Waals surface area contributed by atoms with Crippen LogP contribution >= 0.6 is 0 Å². The highest BCUT2D eigenvalue weighted by atomic mass is 16.6. The minimum Gasteiger partial charge on any atom is -0.444 e. The van der Waals surface area contributed by atoms with Crippen LogP contribution < -0.4 is 5.59 Å².